The van der Waals surface area contributed by atoms with E-state index in [-0.39, 0.29) is 24.0 Å². The normalized spacial score (nSPS) is 21.3. The summed E-state index contributed by atoms with van der Waals surface area (Å²) < 4.78 is 0. The van der Waals surface area contributed by atoms with Crippen LogP contribution in [0.1, 0.15) is 39.0 Å². The average molecular weight is 368 g/mol. The van der Waals surface area contributed by atoms with Gasteiger partial charge in [0.1, 0.15) is 0 Å². The zero-order chi connectivity index (χ0) is 12.5. The number of unbranched alkanes of at least 4 members (excludes halogenated alkanes) is 1. The molecule has 4 nitrogen and oxygen atoms in total. The third kappa shape index (κ3) is 6.22. The highest BCUT2D eigenvalue weighted by Crippen LogP contribution is 2.16. The number of aliphatic imine (C=N–C) groups is 1. The summed E-state index contributed by atoms with van der Waals surface area (Å²) in [5.74, 6) is 0.894. The van der Waals surface area contributed by atoms with Gasteiger partial charge in [0, 0.05) is 26.7 Å². The second kappa shape index (κ2) is 10.8. The molecule has 0 spiro atoms. The lowest BCUT2D eigenvalue weighted by Gasteiger charge is -2.36. The lowest BCUT2D eigenvalue weighted by molar-refractivity contribution is 0.147. The molecule has 5 heteroatoms. The van der Waals surface area contributed by atoms with Crippen LogP contribution in [0.4, 0.5) is 0 Å². The summed E-state index contributed by atoms with van der Waals surface area (Å²) in [6, 6.07) is 0.681. The molecule has 18 heavy (non-hydrogen) atoms. The van der Waals surface area contributed by atoms with Crippen molar-refractivity contribution in [3.05, 3.63) is 0 Å². The Kier molecular flexibility index (Phi) is 10.8. The minimum atomic E-state index is 0. The largest absolute Gasteiger partial charge is 0.359 e. The number of halogens is 1. The van der Waals surface area contributed by atoms with E-state index in [1.807, 2.05) is 14.1 Å². The highest BCUT2D eigenvalue weighted by atomic mass is 127. The molecular weight excluding hydrogens is 339 g/mol. The van der Waals surface area contributed by atoms with Crippen LogP contribution in [0.15, 0.2) is 4.99 Å². The van der Waals surface area contributed by atoms with Crippen molar-refractivity contribution in [3.63, 3.8) is 0 Å². The predicted molar refractivity (Wildman–Crippen MR) is 90.0 cm³/mol. The Balaban J connectivity index is 0.00000289. The van der Waals surface area contributed by atoms with E-state index in [2.05, 4.69) is 27.4 Å². The van der Waals surface area contributed by atoms with Crippen molar-refractivity contribution in [2.24, 2.45) is 4.99 Å². The Morgan fingerprint density at radius 2 is 2.17 bits per heavy atom. The highest BCUT2D eigenvalue weighted by Gasteiger charge is 2.21. The number of rotatable bonds is 5. The van der Waals surface area contributed by atoms with Crippen LogP contribution in [0, 0.1) is 0 Å². The van der Waals surface area contributed by atoms with Gasteiger partial charge in [0.2, 0.25) is 0 Å². The first kappa shape index (κ1) is 18.0. The fraction of sp³-hybridized carbons (Fsp3) is 0.923. The van der Waals surface area contributed by atoms with Gasteiger partial charge in [0.15, 0.2) is 5.96 Å². The van der Waals surface area contributed by atoms with Gasteiger partial charge < -0.3 is 10.6 Å². The van der Waals surface area contributed by atoms with Crippen molar-refractivity contribution in [1.29, 1.82) is 0 Å². The van der Waals surface area contributed by atoms with Crippen LogP contribution in [0.2, 0.25) is 0 Å². The molecule has 2 N–H and O–H groups in total. The lowest BCUT2D eigenvalue weighted by Crippen LogP contribution is -2.48. The SMILES string of the molecule is CCCCN1CCCCC1CNC(=NC)NC.I. The van der Waals surface area contributed by atoms with Crippen LogP contribution in [0.5, 0.6) is 0 Å². The van der Waals surface area contributed by atoms with Crippen molar-refractivity contribution in [3.8, 4) is 0 Å². The number of hydrogen-bond donors (Lipinski definition) is 2. The molecule has 0 saturated carbocycles. The maximum absolute atomic E-state index is 4.15. The van der Waals surface area contributed by atoms with Crippen molar-refractivity contribution in [2.45, 2.75) is 45.1 Å². The van der Waals surface area contributed by atoms with Crippen molar-refractivity contribution in [1.82, 2.24) is 15.5 Å². The molecule has 0 amide bonds. The monoisotopic (exact) mass is 368 g/mol. The Labute approximate surface area is 129 Å². The number of nitrogens with zero attached hydrogens (tertiary/aromatic N) is 2. The van der Waals surface area contributed by atoms with E-state index < -0.39 is 0 Å². The first-order valence-corrected chi connectivity index (χ1v) is 6.94. The summed E-state index contributed by atoms with van der Waals surface area (Å²) in [6.45, 7) is 5.79. The van der Waals surface area contributed by atoms with Gasteiger partial charge in [0.05, 0.1) is 0 Å². The third-order valence-electron chi connectivity index (χ3n) is 3.51. The molecule has 0 bridgehead atoms. The van der Waals surface area contributed by atoms with E-state index in [9.17, 15) is 0 Å². The van der Waals surface area contributed by atoms with Crippen LogP contribution in [0.25, 0.3) is 0 Å². The van der Waals surface area contributed by atoms with Gasteiger partial charge in [-0.25, -0.2) is 0 Å². The number of likely N-dealkylation sites (tertiary alicyclic amines) is 1. The number of guanidine groups is 1. The zero-order valence-corrected chi connectivity index (χ0v) is 14.4. The van der Waals surface area contributed by atoms with Gasteiger partial charge >= 0.3 is 0 Å². The summed E-state index contributed by atoms with van der Waals surface area (Å²) in [5.41, 5.74) is 0. The molecule has 1 aliphatic heterocycles. The fourth-order valence-corrected chi connectivity index (χ4v) is 2.44. The number of hydrogen-bond acceptors (Lipinski definition) is 2. The first-order valence-electron chi connectivity index (χ1n) is 6.94. The molecule has 1 saturated heterocycles. The number of piperidine rings is 1. The molecule has 0 aliphatic carbocycles. The summed E-state index contributed by atoms with van der Waals surface area (Å²) in [7, 11) is 3.72. The maximum atomic E-state index is 4.15. The van der Waals surface area contributed by atoms with E-state index in [1.165, 1.54) is 45.2 Å². The topological polar surface area (TPSA) is 39.7 Å². The van der Waals surface area contributed by atoms with Crippen LogP contribution in [0.3, 0.4) is 0 Å². The Bertz CT molecular complexity index is 233. The van der Waals surface area contributed by atoms with Crippen molar-refractivity contribution < 1.29 is 0 Å². The van der Waals surface area contributed by atoms with Crippen molar-refractivity contribution in [2.75, 3.05) is 33.7 Å². The van der Waals surface area contributed by atoms with Crippen LogP contribution in [-0.2, 0) is 0 Å². The Hall–Kier alpha value is -0.0400. The first-order chi connectivity index (χ1) is 8.31. The molecule has 1 aliphatic rings. The highest BCUT2D eigenvalue weighted by molar-refractivity contribution is 14.0. The van der Waals surface area contributed by atoms with Crippen LogP contribution in [-0.4, -0.2) is 50.6 Å². The van der Waals surface area contributed by atoms with Gasteiger partial charge in [-0.05, 0) is 32.4 Å². The molecule has 0 aromatic rings. The van der Waals surface area contributed by atoms with Crippen LogP contribution >= 0.6 is 24.0 Å². The smallest absolute Gasteiger partial charge is 0.190 e. The second-order valence-electron chi connectivity index (χ2n) is 4.74. The van der Waals surface area contributed by atoms with E-state index >= 15 is 0 Å². The van der Waals surface area contributed by atoms with Crippen LogP contribution < -0.4 is 10.6 Å². The average Bonchev–Trinajstić information content (AvgIpc) is 2.38. The minimum absolute atomic E-state index is 0. The molecule has 1 rings (SSSR count). The van der Waals surface area contributed by atoms with Gasteiger partial charge in [-0.1, -0.05) is 19.8 Å². The third-order valence-corrected chi connectivity index (χ3v) is 3.51. The summed E-state index contributed by atoms with van der Waals surface area (Å²) >= 11 is 0. The van der Waals surface area contributed by atoms with E-state index in [0.717, 1.165) is 12.5 Å². The fourth-order valence-electron chi connectivity index (χ4n) is 2.44. The van der Waals surface area contributed by atoms with E-state index in [4.69, 9.17) is 0 Å². The second-order valence-corrected chi connectivity index (χ2v) is 4.74. The van der Waals surface area contributed by atoms with Gasteiger partial charge in [-0.15, -0.1) is 24.0 Å². The molecule has 1 atom stereocenters. The molecule has 0 aromatic heterocycles. The Morgan fingerprint density at radius 1 is 1.39 bits per heavy atom. The summed E-state index contributed by atoms with van der Waals surface area (Å²) in [5, 5.41) is 6.46. The van der Waals surface area contributed by atoms with Gasteiger partial charge in [-0.3, -0.25) is 9.89 Å². The summed E-state index contributed by atoms with van der Waals surface area (Å²) in [4.78, 5) is 6.80. The molecule has 1 fully saturated rings. The van der Waals surface area contributed by atoms with E-state index in [0.29, 0.717) is 6.04 Å². The standard InChI is InChI=1S/C13H28N4.HI/c1-4-5-9-17-10-7-6-8-12(17)11-16-13(14-2)15-3;/h12H,4-11H2,1-3H3,(H2,14,15,16);1H. The predicted octanol–water partition coefficient (Wildman–Crippen LogP) is 2.05. The molecule has 1 unspecified atom stereocenters. The molecule has 108 valence electrons. The van der Waals surface area contributed by atoms with Gasteiger partial charge in [0.25, 0.3) is 0 Å². The van der Waals surface area contributed by atoms with Crippen molar-refractivity contribution >= 4 is 29.9 Å². The van der Waals surface area contributed by atoms with Gasteiger partial charge in [-0.2, -0.15) is 0 Å². The Morgan fingerprint density at radius 3 is 2.78 bits per heavy atom. The zero-order valence-electron chi connectivity index (χ0n) is 12.0. The number of nitrogens with one attached hydrogen (secondary N) is 2. The molecule has 0 radical (unpaired) electrons. The molecule has 0 aromatic carbocycles. The summed E-state index contributed by atoms with van der Waals surface area (Å²) in [6.07, 6.45) is 6.65. The molecular formula is C13H29IN4. The lowest BCUT2D eigenvalue weighted by atomic mass is 10.0. The maximum Gasteiger partial charge on any atom is 0.190 e. The molecule has 1 heterocycles. The minimum Gasteiger partial charge on any atom is -0.359 e. The van der Waals surface area contributed by atoms with E-state index in [1.54, 1.807) is 0 Å². The quantitative estimate of drug-likeness (QED) is 0.443.